The molecular weight excluding hydrogens is 358 g/mol. The van der Waals surface area contributed by atoms with Crippen molar-refractivity contribution < 1.29 is 18.5 Å². The van der Waals surface area contributed by atoms with E-state index >= 15 is 0 Å². The molecule has 7 nitrogen and oxygen atoms in total. The van der Waals surface area contributed by atoms with Gasteiger partial charge < -0.3 is 18.6 Å². The Hall–Kier alpha value is -2.67. The normalized spacial score (nSPS) is 19.4. The van der Waals surface area contributed by atoms with Gasteiger partial charge in [0, 0.05) is 18.7 Å². The number of nitrogens with zero attached hydrogens (tertiary/aromatic N) is 3. The van der Waals surface area contributed by atoms with Crippen molar-refractivity contribution in [2.24, 2.45) is 0 Å². The van der Waals surface area contributed by atoms with Gasteiger partial charge in [0.15, 0.2) is 0 Å². The molecule has 3 aromatic heterocycles. The van der Waals surface area contributed by atoms with E-state index in [1.807, 2.05) is 58.6 Å². The number of hydrogen-bond donors (Lipinski definition) is 0. The maximum absolute atomic E-state index is 13.5. The molecular formula is C21H25N3O4. The molecule has 0 spiro atoms. The van der Waals surface area contributed by atoms with E-state index in [4.69, 9.17) is 13.7 Å². The van der Waals surface area contributed by atoms with Crippen molar-refractivity contribution in [1.29, 1.82) is 0 Å². The van der Waals surface area contributed by atoms with E-state index in [-0.39, 0.29) is 12.0 Å². The number of morpholine rings is 1. The number of carbonyl (C=O) groups excluding carboxylic acids is 1. The van der Waals surface area contributed by atoms with E-state index in [9.17, 15) is 4.79 Å². The fourth-order valence-electron chi connectivity index (χ4n) is 4.07. The quantitative estimate of drug-likeness (QED) is 0.664. The Balaban J connectivity index is 1.84. The van der Waals surface area contributed by atoms with Crippen LogP contribution in [0.3, 0.4) is 0 Å². The van der Waals surface area contributed by atoms with Crippen LogP contribution in [0.15, 0.2) is 21.1 Å². The van der Waals surface area contributed by atoms with Crippen LogP contribution < -0.4 is 0 Å². The number of aromatic nitrogens is 2. The number of carbonyl (C=O) groups is 1. The van der Waals surface area contributed by atoms with E-state index in [1.165, 1.54) is 0 Å². The Kier molecular flexibility index (Phi) is 4.30. The number of hydrogen-bond acceptors (Lipinski definition) is 6. The first-order valence-corrected chi connectivity index (χ1v) is 9.46. The summed E-state index contributed by atoms with van der Waals surface area (Å²) in [4.78, 5) is 19.9. The van der Waals surface area contributed by atoms with Crippen molar-refractivity contribution in [2.45, 2.75) is 53.2 Å². The second-order valence-electron chi connectivity index (χ2n) is 8.20. The van der Waals surface area contributed by atoms with E-state index in [0.717, 1.165) is 17.1 Å². The molecule has 1 saturated heterocycles. The fraction of sp³-hybridized carbons (Fsp3) is 0.476. The van der Waals surface area contributed by atoms with Crippen LogP contribution in [0.4, 0.5) is 0 Å². The molecule has 1 fully saturated rings. The van der Waals surface area contributed by atoms with Crippen LogP contribution in [0.2, 0.25) is 0 Å². The van der Waals surface area contributed by atoms with Gasteiger partial charge >= 0.3 is 0 Å². The number of amides is 1. The highest BCUT2D eigenvalue weighted by atomic mass is 16.5. The van der Waals surface area contributed by atoms with Gasteiger partial charge in [-0.1, -0.05) is 5.16 Å². The highest BCUT2D eigenvalue weighted by Gasteiger charge is 2.35. The fourth-order valence-corrected chi connectivity index (χ4v) is 4.07. The first-order chi connectivity index (χ1) is 13.1. The third-order valence-corrected chi connectivity index (χ3v) is 5.02. The molecule has 4 rings (SSSR count). The van der Waals surface area contributed by atoms with Crippen LogP contribution in [0.25, 0.3) is 22.4 Å². The average molecular weight is 383 g/mol. The van der Waals surface area contributed by atoms with E-state index in [1.54, 1.807) is 0 Å². The maximum atomic E-state index is 13.5. The first-order valence-electron chi connectivity index (χ1n) is 9.46. The minimum Gasteiger partial charge on any atom is -0.466 e. The van der Waals surface area contributed by atoms with Crippen molar-refractivity contribution in [2.75, 3.05) is 13.1 Å². The summed E-state index contributed by atoms with van der Waals surface area (Å²) in [5.41, 5.74) is 2.64. The van der Waals surface area contributed by atoms with E-state index in [0.29, 0.717) is 41.1 Å². The summed E-state index contributed by atoms with van der Waals surface area (Å²) in [5.74, 6) is 1.47. The lowest BCUT2D eigenvalue weighted by atomic mass is 10.0. The predicted molar refractivity (Wildman–Crippen MR) is 104 cm³/mol. The van der Waals surface area contributed by atoms with Crippen LogP contribution in [0.1, 0.15) is 48.3 Å². The van der Waals surface area contributed by atoms with Gasteiger partial charge in [-0.2, -0.15) is 0 Å². The number of aryl methyl sites for hydroxylation is 3. The van der Waals surface area contributed by atoms with Gasteiger partial charge in [-0.05, 0) is 53.7 Å². The molecule has 0 aromatic carbocycles. The SMILES string of the molecule is Cc1cc(-c2cc(C(=O)N3CC(C)OC(C)(C)C3)c3c(C)noc3n2)c(C)o1. The molecule has 0 aliphatic carbocycles. The summed E-state index contributed by atoms with van der Waals surface area (Å²) in [6.07, 6.45) is -0.0353. The number of ether oxygens (including phenoxy) is 1. The molecule has 1 atom stereocenters. The van der Waals surface area contributed by atoms with Crippen LogP contribution in [-0.2, 0) is 4.74 Å². The lowest BCUT2D eigenvalue weighted by Gasteiger charge is -2.41. The molecule has 4 heterocycles. The van der Waals surface area contributed by atoms with Crippen molar-refractivity contribution in [3.05, 3.63) is 34.9 Å². The molecule has 148 valence electrons. The van der Waals surface area contributed by atoms with Crippen LogP contribution in [-0.4, -0.2) is 45.7 Å². The van der Waals surface area contributed by atoms with Crippen molar-refractivity contribution in [3.63, 3.8) is 0 Å². The largest absolute Gasteiger partial charge is 0.466 e. The smallest absolute Gasteiger partial charge is 0.259 e. The summed E-state index contributed by atoms with van der Waals surface area (Å²) in [7, 11) is 0. The van der Waals surface area contributed by atoms with Gasteiger partial charge in [-0.25, -0.2) is 4.98 Å². The van der Waals surface area contributed by atoms with Gasteiger partial charge in [0.05, 0.1) is 34.0 Å². The molecule has 3 aromatic rings. The lowest BCUT2D eigenvalue weighted by molar-refractivity contribution is -0.118. The minimum absolute atomic E-state index is 0.0353. The number of rotatable bonds is 2. The Morgan fingerprint density at radius 1 is 1.25 bits per heavy atom. The molecule has 28 heavy (non-hydrogen) atoms. The number of fused-ring (bicyclic) bond motifs is 1. The summed E-state index contributed by atoms with van der Waals surface area (Å²) in [6, 6.07) is 3.74. The standard InChI is InChI=1S/C21H25N3O4/c1-11-7-15(14(4)26-11)17-8-16(18-13(3)23-28-19(18)22-17)20(25)24-9-12(2)27-21(5,6)10-24/h7-8,12H,9-10H2,1-6H3. The molecule has 1 amide bonds. The molecule has 0 saturated carbocycles. The van der Waals surface area contributed by atoms with Crippen LogP contribution >= 0.6 is 0 Å². The summed E-state index contributed by atoms with van der Waals surface area (Å²) in [5, 5.41) is 4.69. The zero-order valence-electron chi connectivity index (χ0n) is 17.1. The molecule has 0 radical (unpaired) electrons. The summed E-state index contributed by atoms with van der Waals surface area (Å²) >= 11 is 0. The van der Waals surface area contributed by atoms with Gasteiger partial charge in [0.2, 0.25) is 0 Å². The second kappa shape index (κ2) is 6.44. The molecule has 0 bridgehead atoms. The van der Waals surface area contributed by atoms with Gasteiger partial charge in [-0.3, -0.25) is 4.79 Å². The van der Waals surface area contributed by atoms with Crippen LogP contribution in [0.5, 0.6) is 0 Å². The minimum atomic E-state index is -0.399. The third kappa shape index (κ3) is 3.20. The van der Waals surface area contributed by atoms with Gasteiger partial charge in [0.1, 0.15) is 11.5 Å². The molecule has 7 heteroatoms. The average Bonchev–Trinajstić information content (AvgIpc) is 3.13. The highest BCUT2D eigenvalue weighted by Crippen LogP contribution is 2.32. The van der Waals surface area contributed by atoms with Gasteiger partial charge in [-0.15, -0.1) is 0 Å². The van der Waals surface area contributed by atoms with Crippen LogP contribution in [0, 0.1) is 20.8 Å². The molecule has 1 unspecified atom stereocenters. The number of pyridine rings is 1. The Bertz CT molecular complexity index is 1060. The predicted octanol–water partition coefficient (Wildman–Crippen LogP) is 4.05. The Labute approximate surface area is 163 Å². The molecule has 1 aliphatic heterocycles. The first kappa shape index (κ1) is 18.7. The zero-order chi connectivity index (χ0) is 20.2. The topological polar surface area (TPSA) is 81.6 Å². The number of furan rings is 1. The van der Waals surface area contributed by atoms with Crippen molar-refractivity contribution >= 4 is 17.0 Å². The van der Waals surface area contributed by atoms with Crippen molar-refractivity contribution in [3.8, 4) is 11.3 Å². The summed E-state index contributed by atoms with van der Waals surface area (Å²) < 4.78 is 17.0. The van der Waals surface area contributed by atoms with Crippen molar-refractivity contribution in [1.82, 2.24) is 15.0 Å². The third-order valence-electron chi connectivity index (χ3n) is 5.02. The van der Waals surface area contributed by atoms with Gasteiger partial charge in [0.25, 0.3) is 11.6 Å². The zero-order valence-corrected chi connectivity index (χ0v) is 17.1. The lowest BCUT2D eigenvalue weighted by Crippen LogP contribution is -2.53. The molecule has 0 N–H and O–H groups in total. The monoisotopic (exact) mass is 383 g/mol. The maximum Gasteiger partial charge on any atom is 0.259 e. The Morgan fingerprint density at radius 2 is 2.00 bits per heavy atom. The highest BCUT2D eigenvalue weighted by molar-refractivity contribution is 6.07. The Morgan fingerprint density at radius 3 is 2.64 bits per heavy atom. The van der Waals surface area contributed by atoms with E-state index in [2.05, 4.69) is 10.1 Å². The molecule has 1 aliphatic rings. The van der Waals surface area contributed by atoms with E-state index < -0.39 is 5.60 Å². The second-order valence-corrected chi connectivity index (χ2v) is 8.20. The summed E-state index contributed by atoms with van der Waals surface area (Å²) in [6.45, 7) is 12.6.